The molecule has 9 heteroatoms. The zero-order chi connectivity index (χ0) is 23.5. The van der Waals surface area contributed by atoms with Crippen LogP contribution in [0.1, 0.15) is 57.9 Å². The van der Waals surface area contributed by atoms with E-state index in [1.807, 2.05) is 32.0 Å². The van der Waals surface area contributed by atoms with Crippen LogP contribution in [0.4, 0.5) is 5.69 Å². The summed E-state index contributed by atoms with van der Waals surface area (Å²) in [7, 11) is 0. The average Bonchev–Trinajstić information content (AvgIpc) is 2.80. The number of nitrogens with two attached hydrogens (primary N) is 2. The van der Waals surface area contributed by atoms with Gasteiger partial charge in [-0.2, -0.15) is 0 Å². The summed E-state index contributed by atoms with van der Waals surface area (Å²) in [6, 6.07) is 5.78. The van der Waals surface area contributed by atoms with E-state index in [0.717, 1.165) is 31.4 Å². The number of hydrogen-bond acceptors (Lipinski definition) is 8. The van der Waals surface area contributed by atoms with Crippen LogP contribution in [0.5, 0.6) is 5.75 Å². The van der Waals surface area contributed by atoms with Gasteiger partial charge in [0, 0.05) is 18.2 Å². The third-order valence-electron chi connectivity index (χ3n) is 6.87. The van der Waals surface area contributed by atoms with Crippen molar-refractivity contribution in [1.82, 2.24) is 9.80 Å². The largest absolute Gasteiger partial charge is 0.465 e. The summed E-state index contributed by atoms with van der Waals surface area (Å²) in [4.78, 5) is 32.5. The maximum atomic E-state index is 12.6. The van der Waals surface area contributed by atoms with Gasteiger partial charge < -0.3 is 25.8 Å². The number of hydrogen-bond donors (Lipinski definition) is 2. The Morgan fingerprint density at radius 1 is 1.21 bits per heavy atom. The fourth-order valence-electron chi connectivity index (χ4n) is 5.41. The van der Waals surface area contributed by atoms with Crippen LogP contribution in [0.25, 0.3) is 0 Å². The summed E-state index contributed by atoms with van der Waals surface area (Å²) in [6.45, 7) is 4.76. The number of ether oxygens (including phenoxy) is 2. The molecule has 4 rings (SSSR count). The monoisotopic (exact) mass is 457 g/mol. The number of carbonyl (C=O) groups is 2. The van der Waals surface area contributed by atoms with Crippen molar-refractivity contribution in [2.75, 3.05) is 6.54 Å². The molecule has 4 N–H and O–H groups in total. The standard InChI is InChI=1S/C24H35N5O4/c1-15(2)32-21(14-30)29-13-17-18(27-24(29)26)9-5-11-20(17)33-23(22(25)31)28-12-6-8-16-7-3-4-10-19(16)28/h5,9,11,14-16,19,21,23H,3-4,6-8,10,12-13H2,1-2H3,(H2,25,31)(H2,26,27). The second-order valence-corrected chi connectivity index (χ2v) is 9.43. The van der Waals surface area contributed by atoms with Crippen molar-refractivity contribution in [1.29, 1.82) is 0 Å². The molecule has 0 spiro atoms. The molecule has 4 atom stereocenters. The van der Waals surface area contributed by atoms with Gasteiger partial charge in [0.2, 0.25) is 6.23 Å². The van der Waals surface area contributed by atoms with Crippen LogP contribution in [0.15, 0.2) is 23.2 Å². The van der Waals surface area contributed by atoms with Gasteiger partial charge in [0.1, 0.15) is 5.75 Å². The Morgan fingerprint density at radius 3 is 2.70 bits per heavy atom. The fourth-order valence-corrected chi connectivity index (χ4v) is 5.41. The molecule has 0 radical (unpaired) electrons. The Morgan fingerprint density at radius 2 is 1.97 bits per heavy atom. The lowest BCUT2D eigenvalue weighted by molar-refractivity contribution is -0.140. The molecule has 180 valence electrons. The quantitative estimate of drug-likeness (QED) is 0.574. The number of fused-ring (bicyclic) bond motifs is 2. The molecule has 2 heterocycles. The molecule has 2 aliphatic heterocycles. The lowest BCUT2D eigenvalue weighted by Crippen LogP contribution is -2.58. The molecule has 33 heavy (non-hydrogen) atoms. The number of aliphatic imine (C=N–C) groups is 1. The molecule has 4 unspecified atom stereocenters. The lowest BCUT2D eigenvalue weighted by Gasteiger charge is -2.46. The normalized spacial score (nSPS) is 24.9. The Labute approximate surface area is 195 Å². The van der Waals surface area contributed by atoms with E-state index >= 15 is 0 Å². The Balaban J connectivity index is 1.61. The third kappa shape index (κ3) is 4.99. The maximum Gasteiger partial charge on any atom is 0.274 e. The van der Waals surface area contributed by atoms with Gasteiger partial charge in [0.05, 0.1) is 18.3 Å². The molecule has 1 saturated carbocycles. The molecule has 0 bridgehead atoms. The zero-order valence-corrected chi connectivity index (χ0v) is 19.5. The van der Waals surface area contributed by atoms with Gasteiger partial charge in [-0.25, -0.2) is 4.99 Å². The first-order valence-corrected chi connectivity index (χ1v) is 11.9. The minimum Gasteiger partial charge on any atom is -0.465 e. The van der Waals surface area contributed by atoms with E-state index in [2.05, 4.69) is 9.89 Å². The van der Waals surface area contributed by atoms with E-state index in [1.165, 1.54) is 19.3 Å². The Hall–Kier alpha value is -2.65. The Bertz CT molecular complexity index is 903. The first-order valence-electron chi connectivity index (χ1n) is 11.9. The van der Waals surface area contributed by atoms with Gasteiger partial charge in [0.25, 0.3) is 5.91 Å². The van der Waals surface area contributed by atoms with Gasteiger partial charge in [-0.1, -0.05) is 18.9 Å². The molecular formula is C24H35N5O4. The number of amides is 1. The molecule has 2 fully saturated rings. The van der Waals surface area contributed by atoms with Crippen LogP contribution in [0.2, 0.25) is 0 Å². The number of guanidine groups is 1. The smallest absolute Gasteiger partial charge is 0.274 e. The van der Waals surface area contributed by atoms with Gasteiger partial charge in [0.15, 0.2) is 18.5 Å². The van der Waals surface area contributed by atoms with E-state index in [4.69, 9.17) is 20.9 Å². The van der Waals surface area contributed by atoms with Gasteiger partial charge in [-0.3, -0.25) is 14.5 Å². The topological polar surface area (TPSA) is 123 Å². The van der Waals surface area contributed by atoms with Crippen molar-refractivity contribution >= 4 is 23.8 Å². The molecule has 1 amide bonds. The van der Waals surface area contributed by atoms with E-state index in [9.17, 15) is 9.59 Å². The number of likely N-dealkylation sites (tertiary alicyclic amines) is 1. The van der Waals surface area contributed by atoms with Crippen LogP contribution in [-0.2, 0) is 20.9 Å². The van der Waals surface area contributed by atoms with Crippen molar-refractivity contribution in [3.05, 3.63) is 23.8 Å². The number of rotatable bonds is 8. The molecule has 3 aliphatic rings. The van der Waals surface area contributed by atoms with E-state index in [1.54, 1.807) is 4.90 Å². The highest BCUT2D eigenvalue weighted by atomic mass is 16.5. The number of aldehydes is 1. The number of carbonyl (C=O) groups excluding carboxylic acids is 2. The SMILES string of the molecule is CC(C)OC(C=O)N1Cc2c(cccc2OC(C(N)=O)N2CCCC3CCCCC32)N=C1N. The first kappa shape index (κ1) is 23.5. The maximum absolute atomic E-state index is 12.6. The minimum atomic E-state index is -0.869. The second kappa shape index (κ2) is 10.1. The highest BCUT2D eigenvalue weighted by molar-refractivity contribution is 5.86. The van der Waals surface area contributed by atoms with Crippen molar-refractivity contribution < 1.29 is 19.1 Å². The predicted molar refractivity (Wildman–Crippen MR) is 125 cm³/mol. The minimum absolute atomic E-state index is 0.164. The summed E-state index contributed by atoms with van der Waals surface area (Å²) in [5.41, 5.74) is 13.4. The predicted octanol–water partition coefficient (Wildman–Crippen LogP) is 2.24. The molecule has 0 aromatic heterocycles. The molecular weight excluding hydrogens is 422 g/mol. The van der Waals surface area contributed by atoms with Crippen LogP contribution >= 0.6 is 0 Å². The average molecular weight is 458 g/mol. The fraction of sp³-hybridized carbons (Fsp3) is 0.625. The summed E-state index contributed by atoms with van der Waals surface area (Å²) in [6.07, 6.45) is 5.71. The summed E-state index contributed by atoms with van der Waals surface area (Å²) in [5.74, 6) is 0.807. The second-order valence-electron chi connectivity index (χ2n) is 9.43. The number of piperidine rings is 1. The van der Waals surface area contributed by atoms with Crippen LogP contribution < -0.4 is 16.2 Å². The molecule has 1 saturated heterocycles. The van der Waals surface area contributed by atoms with Crippen LogP contribution in [0, 0.1) is 5.92 Å². The molecule has 9 nitrogen and oxygen atoms in total. The van der Waals surface area contributed by atoms with Crippen molar-refractivity contribution in [3.8, 4) is 5.75 Å². The van der Waals surface area contributed by atoms with Crippen molar-refractivity contribution in [2.24, 2.45) is 22.4 Å². The van der Waals surface area contributed by atoms with Crippen molar-refractivity contribution in [3.63, 3.8) is 0 Å². The molecule has 1 aliphatic carbocycles. The van der Waals surface area contributed by atoms with E-state index < -0.39 is 18.4 Å². The van der Waals surface area contributed by atoms with E-state index in [-0.39, 0.29) is 18.6 Å². The van der Waals surface area contributed by atoms with Gasteiger partial charge in [-0.15, -0.1) is 0 Å². The first-order chi connectivity index (χ1) is 15.9. The zero-order valence-electron chi connectivity index (χ0n) is 19.5. The van der Waals surface area contributed by atoms with Gasteiger partial charge >= 0.3 is 0 Å². The van der Waals surface area contributed by atoms with Crippen molar-refractivity contribution in [2.45, 2.75) is 83.5 Å². The lowest BCUT2D eigenvalue weighted by atomic mass is 9.78. The third-order valence-corrected chi connectivity index (χ3v) is 6.87. The summed E-state index contributed by atoms with van der Waals surface area (Å²) < 4.78 is 12.0. The molecule has 1 aromatic carbocycles. The number of nitrogens with zero attached hydrogens (tertiary/aromatic N) is 3. The number of benzene rings is 1. The highest BCUT2D eigenvalue weighted by Gasteiger charge is 2.40. The highest BCUT2D eigenvalue weighted by Crippen LogP contribution is 2.38. The molecule has 1 aromatic rings. The summed E-state index contributed by atoms with van der Waals surface area (Å²) in [5, 5.41) is 0. The van der Waals surface area contributed by atoms with Crippen LogP contribution in [-0.4, -0.2) is 59.1 Å². The summed E-state index contributed by atoms with van der Waals surface area (Å²) >= 11 is 0. The Kier molecular flexibility index (Phi) is 7.19. The van der Waals surface area contributed by atoms with Crippen LogP contribution in [0.3, 0.4) is 0 Å². The van der Waals surface area contributed by atoms with Gasteiger partial charge in [-0.05, 0) is 57.6 Å². The van der Waals surface area contributed by atoms with E-state index in [0.29, 0.717) is 29.7 Å². The number of primary amides is 1.